The highest BCUT2D eigenvalue weighted by Gasteiger charge is 2.43. The fourth-order valence-corrected chi connectivity index (χ4v) is 3.88. The Morgan fingerprint density at radius 3 is 2.55 bits per heavy atom. The molecule has 0 aliphatic carbocycles. The van der Waals surface area contributed by atoms with Gasteiger partial charge in [-0.25, -0.2) is 0 Å². The normalized spacial score (nSPS) is 19.8. The summed E-state index contributed by atoms with van der Waals surface area (Å²) < 4.78 is 39.2. The van der Waals surface area contributed by atoms with Gasteiger partial charge in [0.1, 0.15) is 11.3 Å². The van der Waals surface area contributed by atoms with Gasteiger partial charge in [-0.3, -0.25) is 4.79 Å². The van der Waals surface area contributed by atoms with Crippen molar-refractivity contribution >= 4 is 16.8 Å². The second-order valence-electron chi connectivity index (χ2n) is 6.61. The SMILES string of the molecule is COc1c2c(c3ccoc3c1OC)O[C@@H](c1ccc3c(c1)OCO3)[C@@H](OC)C2=O. The first-order valence-electron chi connectivity index (χ1n) is 8.96. The molecule has 0 bridgehead atoms. The van der Waals surface area contributed by atoms with E-state index in [-0.39, 0.29) is 23.9 Å². The first kappa shape index (κ1) is 17.7. The molecule has 150 valence electrons. The molecule has 8 nitrogen and oxygen atoms in total. The first-order chi connectivity index (χ1) is 14.2. The number of benzene rings is 2. The van der Waals surface area contributed by atoms with Crippen molar-refractivity contribution in [2.75, 3.05) is 28.1 Å². The lowest BCUT2D eigenvalue weighted by molar-refractivity contribution is -0.000458. The van der Waals surface area contributed by atoms with Crippen LogP contribution in [0.15, 0.2) is 34.9 Å². The minimum Gasteiger partial charge on any atom is -0.492 e. The van der Waals surface area contributed by atoms with Crippen LogP contribution in [0.4, 0.5) is 0 Å². The van der Waals surface area contributed by atoms with Crippen molar-refractivity contribution in [2.24, 2.45) is 0 Å². The molecule has 0 N–H and O–H groups in total. The summed E-state index contributed by atoms with van der Waals surface area (Å²) in [7, 11) is 4.42. The van der Waals surface area contributed by atoms with E-state index < -0.39 is 12.2 Å². The standard InChI is InChI=1S/C21H18O8/c1-23-19-14-15(22)20(24-2)16(10-4-5-12-13(8-10)28-9-27-12)29-17(14)11-6-7-26-18(11)21(19)25-3/h4-8,16,20H,9H2,1-3H3/t16-,20-/m0/s1. The number of hydrogen-bond acceptors (Lipinski definition) is 8. The molecular formula is C21H18O8. The molecule has 5 rings (SSSR count). The van der Waals surface area contributed by atoms with Gasteiger partial charge in [-0.2, -0.15) is 0 Å². The second kappa shape index (κ2) is 6.59. The molecule has 0 saturated carbocycles. The van der Waals surface area contributed by atoms with Crippen molar-refractivity contribution in [1.29, 1.82) is 0 Å². The summed E-state index contributed by atoms with van der Waals surface area (Å²) in [5.41, 5.74) is 1.44. The summed E-state index contributed by atoms with van der Waals surface area (Å²) in [5.74, 6) is 1.93. The number of Topliss-reactive ketones (excluding diaryl/α,β-unsaturated/α-hetero) is 1. The molecule has 2 aliphatic heterocycles. The van der Waals surface area contributed by atoms with Crippen LogP contribution in [0.3, 0.4) is 0 Å². The van der Waals surface area contributed by atoms with Crippen molar-refractivity contribution < 1.29 is 37.6 Å². The number of ether oxygens (including phenoxy) is 6. The van der Waals surface area contributed by atoms with Gasteiger partial charge in [-0.15, -0.1) is 0 Å². The molecule has 3 heterocycles. The lowest BCUT2D eigenvalue weighted by Gasteiger charge is -2.33. The molecule has 2 aromatic carbocycles. The predicted octanol–water partition coefficient (Wildman–Crippen LogP) is 3.51. The number of carbonyl (C=O) groups excluding carboxylic acids is 1. The van der Waals surface area contributed by atoms with Crippen LogP contribution < -0.4 is 23.7 Å². The zero-order chi connectivity index (χ0) is 20.1. The molecule has 0 saturated heterocycles. The van der Waals surface area contributed by atoms with Gasteiger partial charge in [0, 0.05) is 7.11 Å². The van der Waals surface area contributed by atoms with E-state index in [1.165, 1.54) is 27.6 Å². The van der Waals surface area contributed by atoms with E-state index in [1.807, 2.05) is 6.07 Å². The highest BCUT2D eigenvalue weighted by Crippen LogP contribution is 2.51. The Morgan fingerprint density at radius 1 is 1.00 bits per heavy atom. The third kappa shape index (κ3) is 2.45. The number of ketones is 1. The average molecular weight is 398 g/mol. The maximum atomic E-state index is 13.5. The molecule has 8 heteroatoms. The smallest absolute Gasteiger partial charge is 0.231 e. The molecule has 0 radical (unpaired) electrons. The van der Waals surface area contributed by atoms with Crippen LogP contribution in [0, 0.1) is 0 Å². The minimum atomic E-state index is -0.883. The molecule has 2 aliphatic rings. The van der Waals surface area contributed by atoms with Crippen LogP contribution >= 0.6 is 0 Å². The van der Waals surface area contributed by atoms with Gasteiger partial charge in [-0.1, -0.05) is 6.07 Å². The molecular weight excluding hydrogens is 380 g/mol. The van der Waals surface area contributed by atoms with E-state index in [2.05, 4.69) is 0 Å². The number of rotatable bonds is 4. The summed E-state index contributed by atoms with van der Waals surface area (Å²) in [4.78, 5) is 13.5. The molecule has 3 aromatic rings. The fraction of sp³-hybridized carbons (Fsp3) is 0.286. The Labute approximate surface area is 165 Å². The predicted molar refractivity (Wildman–Crippen MR) is 100 cm³/mol. The third-order valence-corrected chi connectivity index (χ3v) is 5.19. The zero-order valence-electron chi connectivity index (χ0n) is 16.0. The van der Waals surface area contributed by atoms with Crippen LogP contribution in [0.1, 0.15) is 22.0 Å². The number of carbonyl (C=O) groups is 1. The van der Waals surface area contributed by atoms with Gasteiger partial charge in [0.15, 0.2) is 35.0 Å². The Hall–Kier alpha value is -3.39. The van der Waals surface area contributed by atoms with Crippen LogP contribution in [0.5, 0.6) is 28.7 Å². The monoisotopic (exact) mass is 398 g/mol. The van der Waals surface area contributed by atoms with Crippen molar-refractivity contribution in [3.8, 4) is 28.7 Å². The van der Waals surface area contributed by atoms with Crippen LogP contribution in [-0.2, 0) is 4.74 Å². The largest absolute Gasteiger partial charge is 0.492 e. The maximum absolute atomic E-state index is 13.5. The lowest BCUT2D eigenvalue weighted by atomic mass is 9.91. The summed E-state index contributed by atoms with van der Waals surface area (Å²) in [6, 6.07) is 7.14. The molecule has 0 spiro atoms. The highest BCUT2D eigenvalue weighted by atomic mass is 16.7. The summed E-state index contributed by atoms with van der Waals surface area (Å²) in [5, 5.41) is 0.617. The van der Waals surface area contributed by atoms with Crippen molar-refractivity contribution in [3.63, 3.8) is 0 Å². The summed E-state index contributed by atoms with van der Waals surface area (Å²) in [6.45, 7) is 0.159. The summed E-state index contributed by atoms with van der Waals surface area (Å²) >= 11 is 0. The van der Waals surface area contributed by atoms with Gasteiger partial charge in [-0.05, 0) is 23.8 Å². The Balaban J connectivity index is 1.71. The van der Waals surface area contributed by atoms with E-state index in [0.29, 0.717) is 34.0 Å². The second-order valence-corrected chi connectivity index (χ2v) is 6.61. The molecule has 1 aromatic heterocycles. The minimum absolute atomic E-state index is 0.159. The average Bonchev–Trinajstić information content (AvgIpc) is 3.41. The van der Waals surface area contributed by atoms with E-state index in [9.17, 15) is 4.79 Å². The molecule has 0 unspecified atom stereocenters. The number of hydrogen-bond donors (Lipinski definition) is 0. The fourth-order valence-electron chi connectivity index (χ4n) is 3.88. The van der Waals surface area contributed by atoms with Crippen molar-refractivity contribution in [2.45, 2.75) is 12.2 Å². The van der Waals surface area contributed by atoms with E-state index in [1.54, 1.807) is 18.2 Å². The van der Waals surface area contributed by atoms with Gasteiger partial charge >= 0.3 is 0 Å². The van der Waals surface area contributed by atoms with Gasteiger partial charge < -0.3 is 32.8 Å². The van der Waals surface area contributed by atoms with E-state index >= 15 is 0 Å². The van der Waals surface area contributed by atoms with E-state index in [4.69, 9.17) is 32.8 Å². The third-order valence-electron chi connectivity index (χ3n) is 5.19. The topological polar surface area (TPSA) is 85.6 Å². The number of furan rings is 1. The van der Waals surface area contributed by atoms with Crippen molar-refractivity contribution in [3.05, 3.63) is 41.7 Å². The number of methoxy groups -OCH3 is 3. The molecule has 2 atom stereocenters. The van der Waals surface area contributed by atoms with Gasteiger partial charge in [0.25, 0.3) is 0 Å². The van der Waals surface area contributed by atoms with Crippen LogP contribution in [0.25, 0.3) is 11.0 Å². The van der Waals surface area contributed by atoms with Gasteiger partial charge in [0.05, 0.1) is 25.9 Å². The Bertz CT molecular complexity index is 1120. The lowest BCUT2D eigenvalue weighted by Crippen LogP contribution is -2.38. The maximum Gasteiger partial charge on any atom is 0.231 e. The quantitative estimate of drug-likeness (QED) is 0.660. The highest BCUT2D eigenvalue weighted by molar-refractivity contribution is 6.12. The molecule has 0 amide bonds. The summed E-state index contributed by atoms with van der Waals surface area (Å²) in [6.07, 6.45) is -0.0600. The van der Waals surface area contributed by atoms with E-state index in [0.717, 1.165) is 5.56 Å². The molecule has 0 fully saturated rings. The Kier molecular flexibility index (Phi) is 4.02. The first-order valence-corrected chi connectivity index (χ1v) is 8.96. The van der Waals surface area contributed by atoms with Crippen LogP contribution in [0.2, 0.25) is 0 Å². The Morgan fingerprint density at radius 2 is 1.79 bits per heavy atom. The van der Waals surface area contributed by atoms with Crippen molar-refractivity contribution in [1.82, 2.24) is 0 Å². The zero-order valence-corrected chi connectivity index (χ0v) is 16.0. The van der Waals surface area contributed by atoms with Crippen LogP contribution in [-0.4, -0.2) is 40.0 Å². The number of fused-ring (bicyclic) bond motifs is 4. The van der Waals surface area contributed by atoms with Gasteiger partial charge in [0.2, 0.25) is 18.3 Å². The molecule has 29 heavy (non-hydrogen) atoms.